The van der Waals surface area contributed by atoms with Crippen molar-refractivity contribution in [3.63, 3.8) is 0 Å². The molecule has 1 N–H and O–H groups in total. The largest absolute Gasteiger partial charge is 0.380 e. The van der Waals surface area contributed by atoms with Crippen LogP contribution < -0.4 is 5.32 Å². The molecule has 3 heteroatoms. The van der Waals surface area contributed by atoms with E-state index in [0.717, 1.165) is 12.5 Å². The Morgan fingerprint density at radius 2 is 1.67 bits per heavy atom. The highest BCUT2D eigenvalue weighted by atomic mass is 19.2. The highest BCUT2D eigenvalue weighted by molar-refractivity contribution is 5.45. The Morgan fingerprint density at radius 1 is 1.00 bits per heavy atom. The monoisotopic (exact) mass is 289 g/mol. The van der Waals surface area contributed by atoms with Crippen LogP contribution in [0.5, 0.6) is 0 Å². The predicted octanol–water partition coefficient (Wildman–Crippen LogP) is 5.13. The molecule has 1 unspecified atom stereocenters. The van der Waals surface area contributed by atoms with Crippen LogP contribution in [0.25, 0.3) is 0 Å². The Balaban J connectivity index is 2.08. The second-order valence-corrected chi connectivity index (χ2v) is 6.10. The van der Waals surface area contributed by atoms with E-state index in [1.54, 1.807) is 6.07 Å². The lowest BCUT2D eigenvalue weighted by atomic mass is 9.79. The predicted molar refractivity (Wildman–Crippen MR) is 83.5 cm³/mol. The van der Waals surface area contributed by atoms with E-state index in [9.17, 15) is 8.78 Å². The van der Waals surface area contributed by atoms with Gasteiger partial charge >= 0.3 is 0 Å². The summed E-state index contributed by atoms with van der Waals surface area (Å²) >= 11 is 0. The molecule has 2 rings (SSSR count). The highest BCUT2D eigenvalue weighted by Gasteiger charge is 2.23. The molecule has 0 heterocycles. The van der Waals surface area contributed by atoms with Crippen LogP contribution in [0, 0.1) is 11.6 Å². The molecule has 0 aliphatic heterocycles. The number of halogens is 2. The fourth-order valence-corrected chi connectivity index (χ4v) is 2.70. The van der Waals surface area contributed by atoms with Crippen molar-refractivity contribution in [1.82, 2.24) is 0 Å². The summed E-state index contributed by atoms with van der Waals surface area (Å²) in [7, 11) is 0. The number of nitrogens with one attached hydrogen (secondary N) is 1. The van der Waals surface area contributed by atoms with Gasteiger partial charge in [-0.25, -0.2) is 8.78 Å². The molecule has 0 aliphatic rings. The van der Waals surface area contributed by atoms with E-state index in [1.165, 1.54) is 11.6 Å². The van der Waals surface area contributed by atoms with Crippen molar-refractivity contribution in [2.24, 2.45) is 0 Å². The van der Waals surface area contributed by atoms with Crippen molar-refractivity contribution in [3.05, 3.63) is 65.7 Å². The number of benzene rings is 2. The summed E-state index contributed by atoms with van der Waals surface area (Å²) in [6.45, 7) is 6.29. The molecular weight excluding hydrogens is 268 g/mol. The zero-order valence-electron chi connectivity index (χ0n) is 12.7. The van der Waals surface area contributed by atoms with E-state index in [2.05, 4.69) is 31.3 Å². The second kappa shape index (κ2) is 6.25. The fraction of sp³-hybridized carbons (Fsp3) is 0.333. The van der Waals surface area contributed by atoms with Crippen LogP contribution in [0.2, 0.25) is 0 Å². The average Bonchev–Trinajstić information content (AvgIpc) is 2.44. The summed E-state index contributed by atoms with van der Waals surface area (Å²) in [5.41, 5.74) is 1.40. The minimum atomic E-state index is -0.825. The Kier molecular flexibility index (Phi) is 4.61. The van der Waals surface area contributed by atoms with Gasteiger partial charge in [0.1, 0.15) is 0 Å². The van der Waals surface area contributed by atoms with Gasteiger partial charge in [-0.1, -0.05) is 50.2 Å². The van der Waals surface area contributed by atoms with Gasteiger partial charge in [0.2, 0.25) is 0 Å². The summed E-state index contributed by atoms with van der Waals surface area (Å²) < 4.78 is 26.9. The molecule has 0 saturated carbocycles. The lowest BCUT2D eigenvalue weighted by Crippen LogP contribution is -2.28. The summed E-state index contributed by atoms with van der Waals surface area (Å²) in [6.07, 6.45) is 0.812. The molecule has 112 valence electrons. The van der Waals surface area contributed by atoms with Crippen LogP contribution in [-0.4, -0.2) is 6.04 Å². The molecule has 1 atom stereocenters. The van der Waals surface area contributed by atoms with Crippen molar-refractivity contribution >= 4 is 5.69 Å². The van der Waals surface area contributed by atoms with Gasteiger partial charge in [0.05, 0.1) is 5.69 Å². The van der Waals surface area contributed by atoms with Crippen molar-refractivity contribution in [3.8, 4) is 0 Å². The van der Waals surface area contributed by atoms with Gasteiger partial charge < -0.3 is 5.32 Å². The third-order valence-electron chi connectivity index (χ3n) is 3.73. The summed E-state index contributed by atoms with van der Waals surface area (Å²) in [6, 6.07) is 14.4. The molecule has 0 saturated heterocycles. The maximum Gasteiger partial charge on any atom is 0.181 e. The zero-order chi connectivity index (χ0) is 15.5. The van der Waals surface area contributed by atoms with E-state index in [1.807, 2.05) is 25.1 Å². The molecule has 2 aromatic rings. The zero-order valence-corrected chi connectivity index (χ0v) is 12.7. The first-order valence-electron chi connectivity index (χ1n) is 7.16. The quantitative estimate of drug-likeness (QED) is 0.804. The van der Waals surface area contributed by atoms with Gasteiger partial charge in [-0.15, -0.1) is 0 Å². The molecule has 1 nitrogen and oxygen atoms in total. The third-order valence-corrected chi connectivity index (χ3v) is 3.73. The first kappa shape index (κ1) is 15.5. The Labute approximate surface area is 125 Å². The topological polar surface area (TPSA) is 12.0 Å². The molecule has 0 aromatic heterocycles. The molecular formula is C18H21F2N. The Bertz CT molecular complexity index is 593. The fourth-order valence-electron chi connectivity index (χ4n) is 2.70. The van der Waals surface area contributed by atoms with Crippen LogP contribution in [0.1, 0.15) is 32.8 Å². The van der Waals surface area contributed by atoms with Crippen molar-refractivity contribution in [2.45, 2.75) is 38.6 Å². The van der Waals surface area contributed by atoms with Gasteiger partial charge in [0, 0.05) is 6.04 Å². The average molecular weight is 289 g/mol. The van der Waals surface area contributed by atoms with Gasteiger partial charge in [-0.3, -0.25) is 0 Å². The van der Waals surface area contributed by atoms with E-state index in [0.29, 0.717) is 0 Å². The smallest absolute Gasteiger partial charge is 0.181 e. The highest BCUT2D eigenvalue weighted by Crippen LogP contribution is 2.29. The normalized spacial score (nSPS) is 13.0. The number of hydrogen-bond donors (Lipinski definition) is 1. The van der Waals surface area contributed by atoms with Crippen LogP contribution in [0.15, 0.2) is 48.5 Å². The molecule has 0 bridgehead atoms. The van der Waals surface area contributed by atoms with Gasteiger partial charge in [0.15, 0.2) is 11.6 Å². The molecule has 0 fully saturated rings. The lowest BCUT2D eigenvalue weighted by Gasteiger charge is -2.29. The first-order chi connectivity index (χ1) is 9.90. The van der Waals surface area contributed by atoms with Crippen molar-refractivity contribution in [1.29, 1.82) is 0 Å². The van der Waals surface area contributed by atoms with Gasteiger partial charge in [-0.2, -0.15) is 0 Å². The lowest BCUT2D eigenvalue weighted by molar-refractivity contribution is 0.447. The molecule has 0 amide bonds. The number of rotatable bonds is 5. The molecule has 0 radical (unpaired) electrons. The number of anilines is 1. The first-order valence-corrected chi connectivity index (χ1v) is 7.16. The maximum absolute atomic E-state index is 13.7. The maximum atomic E-state index is 13.7. The van der Waals surface area contributed by atoms with Crippen LogP contribution >= 0.6 is 0 Å². The molecule has 21 heavy (non-hydrogen) atoms. The van der Waals surface area contributed by atoms with E-state index < -0.39 is 11.6 Å². The Hall–Kier alpha value is -1.90. The van der Waals surface area contributed by atoms with E-state index >= 15 is 0 Å². The van der Waals surface area contributed by atoms with E-state index in [4.69, 9.17) is 0 Å². The molecule has 0 aliphatic carbocycles. The van der Waals surface area contributed by atoms with Crippen molar-refractivity contribution in [2.75, 3.05) is 5.32 Å². The summed E-state index contributed by atoms with van der Waals surface area (Å²) in [5.74, 6) is -1.64. The third kappa shape index (κ3) is 3.81. The van der Waals surface area contributed by atoms with Crippen LogP contribution in [0.4, 0.5) is 14.5 Å². The van der Waals surface area contributed by atoms with Crippen LogP contribution in [-0.2, 0) is 5.41 Å². The van der Waals surface area contributed by atoms with Crippen molar-refractivity contribution < 1.29 is 8.78 Å². The second-order valence-electron chi connectivity index (χ2n) is 6.10. The van der Waals surface area contributed by atoms with Gasteiger partial charge in [-0.05, 0) is 36.5 Å². The van der Waals surface area contributed by atoms with E-state index in [-0.39, 0.29) is 17.1 Å². The summed E-state index contributed by atoms with van der Waals surface area (Å²) in [4.78, 5) is 0. The Morgan fingerprint density at radius 3 is 2.33 bits per heavy atom. The summed E-state index contributed by atoms with van der Waals surface area (Å²) in [5, 5.41) is 3.06. The molecule has 0 spiro atoms. The minimum Gasteiger partial charge on any atom is -0.380 e. The number of hydrogen-bond acceptors (Lipinski definition) is 1. The van der Waals surface area contributed by atoms with Crippen LogP contribution in [0.3, 0.4) is 0 Å². The van der Waals surface area contributed by atoms with Gasteiger partial charge in [0.25, 0.3) is 0 Å². The standard InChI is InChI=1S/C18H21F2N/c1-13(21-16-11-7-10-15(19)17(16)20)12-18(2,3)14-8-5-4-6-9-14/h4-11,13,21H,12H2,1-3H3. The molecule has 2 aromatic carbocycles. The minimum absolute atomic E-state index is 0.0245. The SMILES string of the molecule is CC(CC(C)(C)c1ccccc1)Nc1cccc(F)c1F.